The molecule has 4 nitrogen and oxygen atoms in total. The number of rotatable bonds is 3. The summed E-state index contributed by atoms with van der Waals surface area (Å²) in [5.41, 5.74) is 1.09. The van der Waals surface area contributed by atoms with Gasteiger partial charge in [0.15, 0.2) is 0 Å². The maximum absolute atomic E-state index is 11.7. The quantitative estimate of drug-likeness (QED) is 0.809. The van der Waals surface area contributed by atoms with Crippen molar-refractivity contribution in [3.63, 3.8) is 0 Å². The molecule has 0 aromatic carbocycles. The third kappa shape index (κ3) is 3.03. The van der Waals surface area contributed by atoms with E-state index in [-0.39, 0.29) is 5.91 Å². The van der Waals surface area contributed by atoms with E-state index in [1.807, 2.05) is 19.1 Å². The topological polar surface area (TPSA) is 54.0 Å². The summed E-state index contributed by atoms with van der Waals surface area (Å²) in [7, 11) is 0. The zero-order valence-corrected chi connectivity index (χ0v) is 9.49. The molecule has 1 fully saturated rings. The van der Waals surface area contributed by atoms with Crippen LogP contribution >= 0.6 is 0 Å². The molecule has 4 heteroatoms. The summed E-state index contributed by atoms with van der Waals surface area (Å²) in [6, 6.07) is 4.11. The van der Waals surface area contributed by atoms with Gasteiger partial charge in [0.1, 0.15) is 5.82 Å². The van der Waals surface area contributed by atoms with Gasteiger partial charge in [0, 0.05) is 18.7 Å². The zero-order valence-electron chi connectivity index (χ0n) is 9.49. The fraction of sp³-hybridized carbons (Fsp3) is 0.500. The molecule has 1 atom stereocenters. The third-order valence-corrected chi connectivity index (χ3v) is 2.77. The van der Waals surface area contributed by atoms with Gasteiger partial charge in [-0.2, -0.15) is 0 Å². The maximum atomic E-state index is 11.7. The molecule has 0 radical (unpaired) electrons. The Bertz CT molecular complexity index is 355. The summed E-state index contributed by atoms with van der Waals surface area (Å²) in [4.78, 5) is 15.8. The average molecular weight is 219 g/mol. The van der Waals surface area contributed by atoms with Crippen molar-refractivity contribution in [2.75, 3.05) is 11.9 Å². The van der Waals surface area contributed by atoms with E-state index in [0.29, 0.717) is 18.3 Å². The normalized spacial score (nSPS) is 19.7. The van der Waals surface area contributed by atoms with Crippen molar-refractivity contribution in [1.29, 1.82) is 0 Å². The number of hydrogen-bond donors (Lipinski definition) is 2. The Kier molecular flexibility index (Phi) is 3.51. The Morgan fingerprint density at radius 3 is 3.12 bits per heavy atom. The number of aromatic nitrogens is 1. The van der Waals surface area contributed by atoms with Crippen molar-refractivity contribution in [3.8, 4) is 0 Å². The van der Waals surface area contributed by atoms with Crippen LogP contribution < -0.4 is 10.6 Å². The second-order valence-electron chi connectivity index (χ2n) is 4.27. The zero-order chi connectivity index (χ0) is 11.4. The van der Waals surface area contributed by atoms with E-state index in [1.54, 1.807) is 6.20 Å². The highest BCUT2D eigenvalue weighted by Gasteiger charge is 2.17. The maximum Gasteiger partial charge on any atom is 0.227 e. The highest BCUT2D eigenvalue weighted by Crippen LogP contribution is 2.10. The molecule has 1 unspecified atom stereocenters. The number of aryl methyl sites for hydroxylation is 1. The van der Waals surface area contributed by atoms with Crippen LogP contribution in [0.15, 0.2) is 18.3 Å². The summed E-state index contributed by atoms with van der Waals surface area (Å²) in [6.45, 7) is 3.00. The summed E-state index contributed by atoms with van der Waals surface area (Å²) >= 11 is 0. The Labute approximate surface area is 95.5 Å². The number of pyridine rings is 1. The lowest BCUT2D eigenvalue weighted by Crippen LogP contribution is -2.27. The van der Waals surface area contributed by atoms with Gasteiger partial charge < -0.3 is 10.6 Å². The first-order chi connectivity index (χ1) is 7.74. The Morgan fingerprint density at radius 1 is 1.62 bits per heavy atom. The summed E-state index contributed by atoms with van der Waals surface area (Å²) in [6.07, 6.45) is 4.55. The monoisotopic (exact) mass is 219 g/mol. The van der Waals surface area contributed by atoms with Crippen LogP contribution in [-0.4, -0.2) is 23.5 Å². The van der Waals surface area contributed by atoms with Crippen LogP contribution in [-0.2, 0) is 4.79 Å². The lowest BCUT2D eigenvalue weighted by atomic mass is 10.1. The molecule has 1 amide bonds. The minimum absolute atomic E-state index is 0.0377. The van der Waals surface area contributed by atoms with Gasteiger partial charge in [0.25, 0.3) is 0 Å². The minimum atomic E-state index is 0.0377. The smallest absolute Gasteiger partial charge is 0.227 e. The standard InChI is InChI=1S/C12H17N3O/c1-9-4-5-11(14-8-9)15-12(16)7-10-3-2-6-13-10/h4-5,8,10,13H,2-3,6-7H2,1H3,(H,14,15,16). The first kappa shape index (κ1) is 11.1. The van der Waals surface area contributed by atoms with Gasteiger partial charge in [0.2, 0.25) is 5.91 Å². The fourth-order valence-electron chi connectivity index (χ4n) is 1.89. The molecule has 1 aromatic rings. The van der Waals surface area contributed by atoms with Crippen LogP contribution in [0.3, 0.4) is 0 Å². The molecule has 0 aliphatic carbocycles. The molecule has 1 aromatic heterocycles. The number of hydrogen-bond acceptors (Lipinski definition) is 3. The molecule has 2 heterocycles. The molecular weight excluding hydrogens is 202 g/mol. The largest absolute Gasteiger partial charge is 0.313 e. The number of nitrogens with one attached hydrogen (secondary N) is 2. The summed E-state index contributed by atoms with van der Waals surface area (Å²) in [5.74, 6) is 0.671. The minimum Gasteiger partial charge on any atom is -0.313 e. The molecule has 2 rings (SSSR count). The highest BCUT2D eigenvalue weighted by atomic mass is 16.1. The second-order valence-corrected chi connectivity index (χ2v) is 4.27. The van der Waals surface area contributed by atoms with Crippen LogP contribution in [0.2, 0.25) is 0 Å². The van der Waals surface area contributed by atoms with Crippen molar-refractivity contribution in [2.24, 2.45) is 0 Å². The first-order valence-electron chi connectivity index (χ1n) is 5.70. The predicted molar refractivity (Wildman–Crippen MR) is 63.2 cm³/mol. The molecule has 1 aliphatic heterocycles. The Hall–Kier alpha value is -1.42. The lowest BCUT2D eigenvalue weighted by molar-refractivity contribution is -0.116. The number of nitrogens with zero attached hydrogens (tertiary/aromatic N) is 1. The van der Waals surface area contributed by atoms with Crippen LogP contribution in [0.1, 0.15) is 24.8 Å². The Morgan fingerprint density at radius 2 is 2.50 bits per heavy atom. The molecule has 0 bridgehead atoms. The van der Waals surface area contributed by atoms with Gasteiger partial charge in [-0.1, -0.05) is 6.07 Å². The lowest BCUT2D eigenvalue weighted by Gasteiger charge is -2.09. The number of carbonyl (C=O) groups excluding carboxylic acids is 1. The molecule has 1 aliphatic rings. The van der Waals surface area contributed by atoms with E-state index in [1.165, 1.54) is 6.42 Å². The van der Waals surface area contributed by atoms with E-state index in [2.05, 4.69) is 15.6 Å². The van der Waals surface area contributed by atoms with Gasteiger partial charge in [-0.05, 0) is 37.9 Å². The summed E-state index contributed by atoms with van der Waals surface area (Å²) < 4.78 is 0. The van der Waals surface area contributed by atoms with E-state index < -0.39 is 0 Å². The molecule has 1 saturated heterocycles. The molecule has 86 valence electrons. The number of anilines is 1. The second kappa shape index (κ2) is 5.07. The molecule has 2 N–H and O–H groups in total. The van der Waals surface area contributed by atoms with Gasteiger partial charge in [-0.15, -0.1) is 0 Å². The van der Waals surface area contributed by atoms with E-state index in [9.17, 15) is 4.79 Å². The molecular formula is C12H17N3O. The fourth-order valence-corrected chi connectivity index (χ4v) is 1.89. The molecule has 0 saturated carbocycles. The van der Waals surface area contributed by atoms with Crippen LogP contribution in [0, 0.1) is 6.92 Å². The van der Waals surface area contributed by atoms with Crippen LogP contribution in [0.4, 0.5) is 5.82 Å². The van der Waals surface area contributed by atoms with E-state index >= 15 is 0 Å². The van der Waals surface area contributed by atoms with Gasteiger partial charge in [0.05, 0.1) is 0 Å². The Balaban J connectivity index is 1.84. The first-order valence-corrected chi connectivity index (χ1v) is 5.70. The predicted octanol–water partition coefficient (Wildman–Crippen LogP) is 1.47. The van der Waals surface area contributed by atoms with Crippen molar-refractivity contribution in [2.45, 2.75) is 32.2 Å². The highest BCUT2D eigenvalue weighted by molar-refractivity contribution is 5.90. The molecule has 0 spiro atoms. The van der Waals surface area contributed by atoms with E-state index in [4.69, 9.17) is 0 Å². The van der Waals surface area contributed by atoms with Crippen molar-refractivity contribution >= 4 is 11.7 Å². The van der Waals surface area contributed by atoms with Gasteiger partial charge >= 0.3 is 0 Å². The average Bonchev–Trinajstić information content (AvgIpc) is 2.74. The molecule has 16 heavy (non-hydrogen) atoms. The van der Waals surface area contributed by atoms with Gasteiger partial charge in [-0.25, -0.2) is 4.98 Å². The van der Waals surface area contributed by atoms with Crippen molar-refractivity contribution in [3.05, 3.63) is 23.9 Å². The van der Waals surface area contributed by atoms with Crippen molar-refractivity contribution in [1.82, 2.24) is 10.3 Å². The van der Waals surface area contributed by atoms with E-state index in [0.717, 1.165) is 18.5 Å². The van der Waals surface area contributed by atoms with Crippen LogP contribution in [0.25, 0.3) is 0 Å². The van der Waals surface area contributed by atoms with Crippen molar-refractivity contribution < 1.29 is 4.79 Å². The SMILES string of the molecule is Cc1ccc(NC(=O)CC2CCCN2)nc1. The third-order valence-electron chi connectivity index (χ3n) is 2.77. The number of amides is 1. The summed E-state index contributed by atoms with van der Waals surface area (Å²) in [5, 5.41) is 6.11. The number of carbonyl (C=O) groups is 1. The van der Waals surface area contributed by atoms with Crippen LogP contribution in [0.5, 0.6) is 0 Å². The van der Waals surface area contributed by atoms with Gasteiger partial charge in [-0.3, -0.25) is 4.79 Å².